The van der Waals surface area contributed by atoms with E-state index in [1.165, 1.54) is 11.4 Å². The van der Waals surface area contributed by atoms with Crippen LogP contribution in [0.25, 0.3) is 0 Å². The Morgan fingerprint density at radius 1 is 1.27 bits per heavy atom. The summed E-state index contributed by atoms with van der Waals surface area (Å²) in [5, 5.41) is 0. The summed E-state index contributed by atoms with van der Waals surface area (Å²) in [6.07, 6.45) is 3.35. The van der Waals surface area contributed by atoms with E-state index in [1.807, 2.05) is 0 Å². The number of sulfonamides is 1. The Hall–Kier alpha value is -1.76. The number of hydrogen-bond acceptors (Lipinski definition) is 4. The number of ether oxygens (including phenoxy) is 1. The van der Waals surface area contributed by atoms with E-state index in [9.17, 15) is 13.2 Å². The molecule has 1 fully saturated rings. The largest absolute Gasteiger partial charge is 0.495 e. The first kappa shape index (κ1) is 16.6. The third-order valence-electron chi connectivity index (χ3n) is 3.74. The van der Waals surface area contributed by atoms with E-state index < -0.39 is 10.0 Å². The standard InChI is InChI=1S/C15H22N2O4S/c1-21-14-8-4-3-7-13(14)17(22(2,19)20)12-9-15(18)16-10-5-6-11-16/h3-4,7-8H,5-6,9-12H2,1-2H3. The van der Waals surface area contributed by atoms with Crippen molar-refractivity contribution in [3.05, 3.63) is 24.3 Å². The number of anilines is 1. The zero-order chi connectivity index (χ0) is 16.2. The van der Waals surface area contributed by atoms with Crippen LogP contribution in [0.15, 0.2) is 24.3 Å². The second-order valence-corrected chi connectivity index (χ2v) is 7.25. The molecule has 7 heteroatoms. The average Bonchev–Trinajstić information content (AvgIpc) is 3.00. The van der Waals surface area contributed by atoms with Crippen molar-refractivity contribution < 1.29 is 17.9 Å². The summed E-state index contributed by atoms with van der Waals surface area (Å²) in [4.78, 5) is 13.9. The molecule has 0 aromatic heterocycles. The van der Waals surface area contributed by atoms with Gasteiger partial charge in [-0.15, -0.1) is 0 Å². The molecule has 0 aliphatic carbocycles. The van der Waals surface area contributed by atoms with Crippen molar-refractivity contribution in [1.29, 1.82) is 0 Å². The van der Waals surface area contributed by atoms with E-state index in [1.54, 1.807) is 29.2 Å². The van der Waals surface area contributed by atoms with E-state index in [-0.39, 0.29) is 18.9 Å². The number of para-hydroxylation sites is 2. The average molecular weight is 326 g/mol. The van der Waals surface area contributed by atoms with Crippen LogP contribution >= 0.6 is 0 Å². The molecular weight excluding hydrogens is 304 g/mol. The number of methoxy groups -OCH3 is 1. The number of rotatable bonds is 6. The van der Waals surface area contributed by atoms with Gasteiger partial charge in [-0.05, 0) is 25.0 Å². The van der Waals surface area contributed by atoms with Crippen LogP contribution in [0, 0.1) is 0 Å². The molecular formula is C15H22N2O4S. The van der Waals surface area contributed by atoms with E-state index in [4.69, 9.17) is 4.74 Å². The molecule has 0 saturated carbocycles. The lowest BCUT2D eigenvalue weighted by Gasteiger charge is -2.25. The second kappa shape index (κ2) is 7.00. The minimum Gasteiger partial charge on any atom is -0.495 e. The molecule has 0 atom stereocenters. The molecule has 0 N–H and O–H groups in total. The third-order valence-corrected chi connectivity index (χ3v) is 4.92. The normalized spacial score (nSPS) is 14.9. The van der Waals surface area contributed by atoms with Gasteiger partial charge in [-0.1, -0.05) is 12.1 Å². The summed E-state index contributed by atoms with van der Waals surface area (Å²) in [6, 6.07) is 6.91. The number of hydrogen-bond donors (Lipinski definition) is 0. The fourth-order valence-electron chi connectivity index (χ4n) is 2.62. The fourth-order valence-corrected chi connectivity index (χ4v) is 3.55. The number of nitrogens with zero attached hydrogens (tertiary/aromatic N) is 2. The van der Waals surface area contributed by atoms with Crippen molar-refractivity contribution in [2.75, 3.05) is 37.3 Å². The van der Waals surface area contributed by atoms with E-state index >= 15 is 0 Å². The number of carbonyl (C=O) groups is 1. The molecule has 122 valence electrons. The van der Waals surface area contributed by atoms with Crippen molar-refractivity contribution >= 4 is 21.6 Å². The molecule has 0 radical (unpaired) electrons. The number of carbonyl (C=O) groups excluding carboxylic acids is 1. The first-order valence-electron chi connectivity index (χ1n) is 7.32. The molecule has 6 nitrogen and oxygen atoms in total. The Labute approximate surface area is 131 Å². The molecule has 1 aromatic carbocycles. The molecule has 22 heavy (non-hydrogen) atoms. The maximum absolute atomic E-state index is 12.1. The van der Waals surface area contributed by atoms with Crippen LogP contribution in [0.5, 0.6) is 5.75 Å². The van der Waals surface area contributed by atoms with Gasteiger partial charge in [0.05, 0.1) is 19.1 Å². The predicted molar refractivity (Wildman–Crippen MR) is 85.6 cm³/mol. The van der Waals surface area contributed by atoms with Crippen LogP contribution in [0.2, 0.25) is 0 Å². The molecule has 0 spiro atoms. The Morgan fingerprint density at radius 3 is 2.50 bits per heavy atom. The molecule has 1 heterocycles. The molecule has 1 saturated heterocycles. The summed E-state index contributed by atoms with van der Waals surface area (Å²) in [5.74, 6) is 0.475. The zero-order valence-corrected chi connectivity index (χ0v) is 13.8. The van der Waals surface area contributed by atoms with Gasteiger partial charge in [0.15, 0.2) is 0 Å². The second-order valence-electron chi connectivity index (χ2n) is 5.34. The van der Waals surface area contributed by atoms with E-state index in [0.717, 1.165) is 32.2 Å². The topological polar surface area (TPSA) is 66.9 Å². The zero-order valence-electron chi connectivity index (χ0n) is 13.0. The smallest absolute Gasteiger partial charge is 0.232 e. The van der Waals surface area contributed by atoms with Crippen molar-refractivity contribution in [2.24, 2.45) is 0 Å². The third kappa shape index (κ3) is 3.91. The quantitative estimate of drug-likeness (QED) is 0.794. The summed E-state index contributed by atoms with van der Waals surface area (Å²) < 4.78 is 30.6. The molecule has 1 aromatic rings. The van der Waals surface area contributed by atoms with Gasteiger partial charge >= 0.3 is 0 Å². The Bertz CT molecular complexity index is 624. The maximum Gasteiger partial charge on any atom is 0.232 e. The van der Waals surface area contributed by atoms with Gasteiger partial charge in [-0.2, -0.15) is 0 Å². The highest BCUT2D eigenvalue weighted by Gasteiger charge is 2.24. The summed E-state index contributed by atoms with van der Waals surface area (Å²) in [7, 11) is -1.99. The SMILES string of the molecule is COc1ccccc1N(CCC(=O)N1CCCC1)S(C)(=O)=O. The summed E-state index contributed by atoms with van der Waals surface area (Å²) in [6.45, 7) is 1.66. The molecule has 0 bridgehead atoms. The molecule has 0 unspecified atom stereocenters. The number of benzene rings is 1. The van der Waals surface area contributed by atoms with Crippen LogP contribution in [-0.4, -0.2) is 52.2 Å². The van der Waals surface area contributed by atoms with Gasteiger partial charge in [0.25, 0.3) is 0 Å². The van der Waals surface area contributed by atoms with Crippen molar-refractivity contribution in [2.45, 2.75) is 19.3 Å². The molecule has 1 aliphatic heterocycles. The van der Waals surface area contributed by atoms with Crippen molar-refractivity contribution in [3.63, 3.8) is 0 Å². The highest BCUT2D eigenvalue weighted by molar-refractivity contribution is 7.92. The Kier molecular flexibility index (Phi) is 5.28. The highest BCUT2D eigenvalue weighted by atomic mass is 32.2. The lowest BCUT2D eigenvalue weighted by atomic mass is 10.2. The molecule has 1 amide bonds. The fraction of sp³-hybridized carbons (Fsp3) is 0.533. The van der Waals surface area contributed by atoms with Gasteiger partial charge in [0.2, 0.25) is 15.9 Å². The van der Waals surface area contributed by atoms with Crippen LogP contribution in [0.1, 0.15) is 19.3 Å². The van der Waals surface area contributed by atoms with Crippen molar-refractivity contribution in [1.82, 2.24) is 4.90 Å². The highest BCUT2D eigenvalue weighted by Crippen LogP contribution is 2.29. The van der Waals surface area contributed by atoms with Gasteiger partial charge in [0.1, 0.15) is 5.75 Å². The van der Waals surface area contributed by atoms with Gasteiger partial charge in [-0.3, -0.25) is 9.10 Å². The van der Waals surface area contributed by atoms with Crippen LogP contribution in [-0.2, 0) is 14.8 Å². The monoisotopic (exact) mass is 326 g/mol. The molecule has 1 aliphatic rings. The van der Waals surface area contributed by atoms with E-state index in [0.29, 0.717) is 11.4 Å². The number of likely N-dealkylation sites (tertiary alicyclic amines) is 1. The van der Waals surface area contributed by atoms with Crippen molar-refractivity contribution in [3.8, 4) is 5.75 Å². The van der Waals surface area contributed by atoms with Gasteiger partial charge in [-0.25, -0.2) is 8.42 Å². The van der Waals surface area contributed by atoms with E-state index in [2.05, 4.69) is 0 Å². The number of amides is 1. The first-order chi connectivity index (χ1) is 10.4. The Morgan fingerprint density at radius 2 is 1.91 bits per heavy atom. The summed E-state index contributed by atoms with van der Waals surface area (Å²) >= 11 is 0. The lowest BCUT2D eigenvalue weighted by molar-refractivity contribution is -0.129. The molecule has 2 rings (SSSR count). The Balaban J connectivity index is 2.15. The van der Waals surface area contributed by atoms with Crippen LogP contribution in [0.4, 0.5) is 5.69 Å². The first-order valence-corrected chi connectivity index (χ1v) is 9.17. The summed E-state index contributed by atoms with van der Waals surface area (Å²) in [5.41, 5.74) is 0.460. The van der Waals surface area contributed by atoms with Gasteiger partial charge < -0.3 is 9.64 Å². The minimum absolute atomic E-state index is 0.000970. The van der Waals surface area contributed by atoms with Crippen LogP contribution < -0.4 is 9.04 Å². The van der Waals surface area contributed by atoms with Gasteiger partial charge in [0, 0.05) is 26.1 Å². The van der Waals surface area contributed by atoms with Crippen LogP contribution in [0.3, 0.4) is 0 Å². The predicted octanol–water partition coefficient (Wildman–Crippen LogP) is 1.47. The minimum atomic E-state index is -3.49. The maximum atomic E-state index is 12.1. The lowest BCUT2D eigenvalue weighted by Crippen LogP contribution is -2.36.